The molecule has 0 saturated carbocycles. The first-order valence-corrected chi connectivity index (χ1v) is 14.7. The van der Waals surface area contributed by atoms with Gasteiger partial charge in [0, 0.05) is 23.8 Å². The number of amides is 1. The molecule has 1 heterocycles. The van der Waals surface area contributed by atoms with E-state index in [4.69, 9.17) is 23.2 Å². The van der Waals surface area contributed by atoms with Crippen molar-refractivity contribution in [3.63, 3.8) is 0 Å². The van der Waals surface area contributed by atoms with Crippen LogP contribution in [-0.2, 0) is 24.8 Å². The molecule has 1 amide bonds. The van der Waals surface area contributed by atoms with Crippen LogP contribution in [0, 0.1) is 0 Å². The number of halogens is 2. The molecule has 0 spiro atoms. The van der Waals surface area contributed by atoms with Crippen molar-refractivity contribution in [1.29, 1.82) is 0 Å². The zero-order valence-corrected chi connectivity index (χ0v) is 22.1. The quantitative estimate of drug-likeness (QED) is 0.428. The highest BCUT2D eigenvalue weighted by atomic mass is 35.5. The van der Waals surface area contributed by atoms with Crippen LogP contribution in [-0.4, -0.2) is 46.7 Å². The van der Waals surface area contributed by atoms with Crippen molar-refractivity contribution in [2.45, 2.75) is 22.6 Å². The third-order valence-corrected chi connectivity index (χ3v) is 9.88. The second kappa shape index (κ2) is 10.8. The summed E-state index contributed by atoms with van der Waals surface area (Å²) < 4.78 is 54.6. The fraction of sp³-hybridized carbons (Fsp3) is 0.208. The zero-order chi connectivity index (χ0) is 25.9. The molecule has 8 nitrogen and oxygen atoms in total. The number of carbonyl (C=O) groups is 1. The maximum absolute atomic E-state index is 13.4. The lowest BCUT2D eigenvalue weighted by Gasteiger charge is -2.25. The Morgan fingerprint density at radius 3 is 2.14 bits per heavy atom. The van der Waals surface area contributed by atoms with Gasteiger partial charge in [-0.1, -0.05) is 41.4 Å². The molecule has 12 heteroatoms. The number of nitrogens with one attached hydrogen (secondary N) is 1. The largest absolute Gasteiger partial charge is 0.325 e. The molecule has 0 unspecified atom stereocenters. The van der Waals surface area contributed by atoms with Crippen LogP contribution in [0.15, 0.2) is 82.6 Å². The molecule has 4 rings (SSSR count). The van der Waals surface area contributed by atoms with E-state index >= 15 is 0 Å². The highest BCUT2D eigenvalue weighted by Gasteiger charge is 2.30. The molecule has 0 bridgehead atoms. The van der Waals surface area contributed by atoms with Crippen molar-refractivity contribution < 1.29 is 21.6 Å². The molecule has 0 aromatic heterocycles. The zero-order valence-electron chi connectivity index (χ0n) is 19.0. The van der Waals surface area contributed by atoms with E-state index in [1.165, 1.54) is 58.9 Å². The Bertz CT molecular complexity index is 1460. The smallest absolute Gasteiger partial charge is 0.264 e. The minimum atomic E-state index is -4.17. The van der Waals surface area contributed by atoms with Gasteiger partial charge in [-0.2, -0.15) is 4.31 Å². The Morgan fingerprint density at radius 1 is 0.861 bits per heavy atom. The van der Waals surface area contributed by atoms with Gasteiger partial charge in [-0.25, -0.2) is 16.8 Å². The number of rotatable bonds is 8. The lowest BCUT2D eigenvalue weighted by atomic mass is 10.3. The number of hydrogen-bond donors (Lipinski definition) is 1. The summed E-state index contributed by atoms with van der Waals surface area (Å²) in [7, 11) is -7.76. The summed E-state index contributed by atoms with van der Waals surface area (Å²) in [5.74, 6) is -0.652. The van der Waals surface area contributed by atoms with E-state index in [0.29, 0.717) is 18.8 Å². The summed E-state index contributed by atoms with van der Waals surface area (Å²) >= 11 is 12.4. The van der Waals surface area contributed by atoms with Crippen LogP contribution in [0.3, 0.4) is 0 Å². The van der Waals surface area contributed by atoms with Crippen LogP contribution in [0.4, 0.5) is 11.4 Å². The van der Waals surface area contributed by atoms with Gasteiger partial charge in [0.25, 0.3) is 10.0 Å². The summed E-state index contributed by atoms with van der Waals surface area (Å²) in [6.07, 6.45) is 1.65. The van der Waals surface area contributed by atoms with E-state index in [9.17, 15) is 21.6 Å². The molecule has 1 N–H and O–H groups in total. The Labute approximate surface area is 220 Å². The van der Waals surface area contributed by atoms with Crippen molar-refractivity contribution in [3.8, 4) is 0 Å². The van der Waals surface area contributed by atoms with Crippen LogP contribution in [0.5, 0.6) is 0 Å². The van der Waals surface area contributed by atoms with Gasteiger partial charge < -0.3 is 5.32 Å². The third kappa shape index (κ3) is 5.68. The molecule has 3 aromatic carbocycles. The maximum atomic E-state index is 13.4. The van der Waals surface area contributed by atoms with E-state index in [2.05, 4.69) is 5.32 Å². The first kappa shape index (κ1) is 26.4. The number of sulfonamides is 2. The molecule has 0 radical (unpaired) electrons. The average molecular weight is 569 g/mol. The number of nitrogens with zero attached hydrogens (tertiary/aromatic N) is 2. The van der Waals surface area contributed by atoms with Crippen LogP contribution in [0.25, 0.3) is 0 Å². The molecule has 1 aliphatic heterocycles. The van der Waals surface area contributed by atoms with Crippen LogP contribution >= 0.6 is 23.2 Å². The highest BCUT2D eigenvalue weighted by molar-refractivity contribution is 7.93. The Morgan fingerprint density at radius 2 is 1.50 bits per heavy atom. The lowest BCUT2D eigenvalue weighted by Crippen LogP contribution is -2.38. The second-order valence-corrected chi connectivity index (χ2v) is 12.7. The summed E-state index contributed by atoms with van der Waals surface area (Å²) in [5.41, 5.74) is 0.366. The molecule has 0 aliphatic carbocycles. The van der Waals surface area contributed by atoms with E-state index in [1.54, 1.807) is 18.2 Å². The molecule has 1 fully saturated rings. The normalized spacial score (nSPS) is 14.5. The number of benzene rings is 3. The minimum absolute atomic E-state index is 0.0229. The molecule has 190 valence electrons. The van der Waals surface area contributed by atoms with Crippen LogP contribution < -0.4 is 9.62 Å². The third-order valence-electron chi connectivity index (χ3n) is 5.64. The summed E-state index contributed by atoms with van der Waals surface area (Å²) in [6, 6.07) is 17.7. The lowest BCUT2D eigenvalue weighted by molar-refractivity contribution is -0.114. The fourth-order valence-electron chi connectivity index (χ4n) is 3.82. The van der Waals surface area contributed by atoms with Gasteiger partial charge in [0.1, 0.15) is 6.54 Å². The average Bonchev–Trinajstić information content (AvgIpc) is 3.41. The van der Waals surface area contributed by atoms with Crippen molar-refractivity contribution in [1.82, 2.24) is 4.31 Å². The first-order chi connectivity index (χ1) is 17.1. The van der Waals surface area contributed by atoms with E-state index in [-0.39, 0.29) is 25.5 Å². The van der Waals surface area contributed by atoms with Crippen molar-refractivity contribution >= 4 is 60.5 Å². The summed E-state index contributed by atoms with van der Waals surface area (Å²) in [5, 5.41) is 2.97. The van der Waals surface area contributed by atoms with Crippen molar-refractivity contribution in [2.24, 2.45) is 0 Å². The van der Waals surface area contributed by atoms with E-state index in [1.807, 2.05) is 0 Å². The Hall–Kier alpha value is -2.63. The molecule has 36 heavy (non-hydrogen) atoms. The Kier molecular flexibility index (Phi) is 7.91. The van der Waals surface area contributed by atoms with E-state index < -0.39 is 32.5 Å². The topological polar surface area (TPSA) is 104 Å². The molecular weight excluding hydrogens is 545 g/mol. The van der Waals surface area contributed by atoms with Gasteiger partial charge in [0.2, 0.25) is 15.9 Å². The molecule has 1 saturated heterocycles. The van der Waals surface area contributed by atoms with Crippen LogP contribution in [0.2, 0.25) is 10.0 Å². The molecular formula is C24H23Cl2N3O5S2. The van der Waals surface area contributed by atoms with Crippen molar-refractivity contribution in [3.05, 3.63) is 82.8 Å². The highest BCUT2D eigenvalue weighted by Crippen LogP contribution is 2.33. The maximum Gasteiger partial charge on any atom is 0.264 e. The molecule has 3 aromatic rings. The van der Waals surface area contributed by atoms with Gasteiger partial charge in [-0.15, -0.1) is 0 Å². The fourth-order valence-corrected chi connectivity index (χ4v) is 7.22. The Balaban J connectivity index is 1.58. The summed E-state index contributed by atoms with van der Waals surface area (Å²) in [6.45, 7) is 0.377. The number of carbonyl (C=O) groups excluding carboxylic acids is 1. The minimum Gasteiger partial charge on any atom is -0.325 e. The van der Waals surface area contributed by atoms with Gasteiger partial charge >= 0.3 is 0 Å². The monoisotopic (exact) mass is 567 g/mol. The number of anilines is 2. The second-order valence-electron chi connectivity index (χ2n) is 8.10. The predicted octanol–water partition coefficient (Wildman–Crippen LogP) is 4.61. The first-order valence-electron chi connectivity index (χ1n) is 11.0. The number of hydrogen-bond acceptors (Lipinski definition) is 5. The van der Waals surface area contributed by atoms with Gasteiger partial charge in [0.15, 0.2) is 0 Å². The summed E-state index contributed by atoms with van der Waals surface area (Å²) in [4.78, 5) is 13.0. The van der Waals surface area contributed by atoms with Crippen molar-refractivity contribution in [2.75, 3.05) is 29.3 Å². The molecule has 0 atom stereocenters. The van der Waals surface area contributed by atoms with Gasteiger partial charge in [0.05, 0.1) is 20.5 Å². The molecule has 1 aliphatic rings. The van der Waals surface area contributed by atoms with Gasteiger partial charge in [-0.3, -0.25) is 9.10 Å². The van der Waals surface area contributed by atoms with E-state index in [0.717, 1.165) is 17.1 Å². The SMILES string of the molecule is O=C(CN(c1cc(Cl)ccc1Cl)S(=O)(=O)c1ccccc1)Nc1ccc(S(=O)(=O)N2CCCC2)cc1. The standard InChI is InChI=1S/C24H23Cl2N3O5S2/c25-18-8-13-22(26)23(16-18)29(36(33,34)20-6-2-1-3-7-20)17-24(30)27-19-9-11-21(12-10-19)35(31,32)28-14-4-5-15-28/h1-3,6-13,16H,4-5,14-15,17H2,(H,27,30). The van der Waals surface area contributed by atoms with Crippen LogP contribution in [0.1, 0.15) is 12.8 Å². The predicted molar refractivity (Wildman–Crippen MR) is 141 cm³/mol. The van der Waals surface area contributed by atoms with Gasteiger partial charge in [-0.05, 0) is 67.4 Å².